The number of nitro benzene ring substituents is 1. The highest BCUT2D eigenvalue weighted by atomic mass is 35.5. The molecule has 2 aromatic rings. The summed E-state index contributed by atoms with van der Waals surface area (Å²) in [6, 6.07) is 9.08. The first-order valence-electron chi connectivity index (χ1n) is 5.51. The normalized spacial score (nSPS) is 9.80. The van der Waals surface area contributed by atoms with E-state index in [9.17, 15) is 10.1 Å². The van der Waals surface area contributed by atoms with Crippen molar-refractivity contribution in [2.75, 3.05) is 0 Å². The summed E-state index contributed by atoms with van der Waals surface area (Å²) in [4.78, 5) is 14.3. The fourth-order valence-electron chi connectivity index (χ4n) is 1.48. The number of ether oxygens (including phenoxy) is 1. The predicted molar refractivity (Wildman–Crippen MR) is 71.7 cm³/mol. The van der Waals surface area contributed by atoms with Crippen LogP contribution in [0.2, 0.25) is 0 Å². The molecular weight excluding hydrogens is 282 g/mol. The third-order valence-corrected chi connectivity index (χ3v) is 2.76. The summed E-state index contributed by atoms with van der Waals surface area (Å²) in [7, 11) is 0. The Morgan fingerprint density at radius 2 is 2.20 bits per heavy atom. The van der Waals surface area contributed by atoms with E-state index >= 15 is 0 Å². The van der Waals surface area contributed by atoms with Gasteiger partial charge >= 0.3 is 5.69 Å². The fraction of sp³-hybridized carbons (Fsp3) is 0.0769. The molecule has 0 saturated carbocycles. The number of pyridine rings is 1. The van der Waals surface area contributed by atoms with Gasteiger partial charge in [-0.3, -0.25) is 10.1 Å². The molecule has 0 atom stereocenters. The van der Waals surface area contributed by atoms with Crippen LogP contribution < -0.4 is 4.74 Å². The van der Waals surface area contributed by atoms with Crippen LogP contribution in [0.5, 0.6) is 11.6 Å². The van der Waals surface area contributed by atoms with Gasteiger partial charge < -0.3 is 4.74 Å². The minimum Gasteiger partial charge on any atom is -0.432 e. The van der Waals surface area contributed by atoms with E-state index in [1.165, 1.54) is 18.3 Å². The smallest absolute Gasteiger partial charge is 0.312 e. The number of benzene rings is 1. The minimum absolute atomic E-state index is 0.0279. The molecule has 6 nitrogen and oxygen atoms in total. The molecule has 0 fully saturated rings. The van der Waals surface area contributed by atoms with E-state index in [0.717, 1.165) is 11.6 Å². The molecule has 0 bridgehead atoms. The van der Waals surface area contributed by atoms with Crippen molar-refractivity contribution in [3.8, 4) is 17.7 Å². The number of halogens is 1. The van der Waals surface area contributed by atoms with Crippen molar-refractivity contribution in [3.05, 3.63) is 57.8 Å². The Morgan fingerprint density at radius 1 is 1.40 bits per heavy atom. The molecule has 1 aromatic heterocycles. The van der Waals surface area contributed by atoms with Crippen molar-refractivity contribution < 1.29 is 9.66 Å². The van der Waals surface area contributed by atoms with Crippen LogP contribution in [-0.4, -0.2) is 9.91 Å². The Hall–Kier alpha value is -2.65. The molecule has 0 unspecified atom stereocenters. The van der Waals surface area contributed by atoms with Gasteiger partial charge in [-0.2, -0.15) is 5.26 Å². The average molecular weight is 290 g/mol. The third-order valence-electron chi connectivity index (χ3n) is 2.45. The quantitative estimate of drug-likeness (QED) is 0.489. The summed E-state index contributed by atoms with van der Waals surface area (Å²) >= 11 is 5.64. The lowest BCUT2D eigenvalue weighted by atomic mass is 10.2. The summed E-state index contributed by atoms with van der Waals surface area (Å²) in [5.74, 6) is 0.566. The molecule has 7 heteroatoms. The number of aromatic nitrogens is 1. The Morgan fingerprint density at radius 3 is 2.75 bits per heavy atom. The number of hydrogen-bond acceptors (Lipinski definition) is 5. The number of nitriles is 1. The van der Waals surface area contributed by atoms with Crippen LogP contribution in [-0.2, 0) is 5.88 Å². The highest BCUT2D eigenvalue weighted by Gasteiger charge is 2.17. The molecule has 0 spiro atoms. The zero-order valence-corrected chi connectivity index (χ0v) is 10.9. The predicted octanol–water partition coefficient (Wildman–Crippen LogP) is 3.39. The molecule has 0 aliphatic heterocycles. The first-order valence-corrected chi connectivity index (χ1v) is 6.05. The Balaban J connectivity index is 2.32. The molecule has 0 saturated heterocycles. The maximum absolute atomic E-state index is 11.0. The number of alkyl halides is 1. The first-order chi connectivity index (χ1) is 9.63. The summed E-state index contributed by atoms with van der Waals surface area (Å²) < 4.78 is 5.36. The molecule has 100 valence electrons. The van der Waals surface area contributed by atoms with E-state index in [4.69, 9.17) is 21.6 Å². The van der Waals surface area contributed by atoms with Crippen molar-refractivity contribution in [1.29, 1.82) is 5.26 Å². The second-order valence-electron chi connectivity index (χ2n) is 3.79. The van der Waals surface area contributed by atoms with Crippen LogP contribution in [0.25, 0.3) is 0 Å². The molecule has 0 aliphatic rings. The van der Waals surface area contributed by atoms with Gasteiger partial charge in [0, 0.05) is 24.2 Å². The molecular formula is C13H8ClN3O3. The second kappa shape index (κ2) is 5.99. The van der Waals surface area contributed by atoms with Crippen LogP contribution in [0.4, 0.5) is 5.69 Å². The molecule has 1 heterocycles. The van der Waals surface area contributed by atoms with E-state index in [-0.39, 0.29) is 22.9 Å². The Labute approximate surface area is 119 Å². The number of nitro groups is 1. The van der Waals surface area contributed by atoms with Gasteiger partial charge in [-0.25, -0.2) is 4.98 Å². The largest absolute Gasteiger partial charge is 0.432 e. The molecule has 0 radical (unpaired) electrons. The van der Waals surface area contributed by atoms with Crippen molar-refractivity contribution >= 4 is 17.3 Å². The van der Waals surface area contributed by atoms with Gasteiger partial charge in [0.1, 0.15) is 0 Å². The van der Waals surface area contributed by atoms with Gasteiger partial charge in [0.2, 0.25) is 11.6 Å². The summed E-state index contributed by atoms with van der Waals surface area (Å²) in [5, 5.41) is 19.7. The zero-order chi connectivity index (χ0) is 14.5. The van der Waals surface area contributed by atoms with Crippen molar-refractivity contribution in [2.45, 2.75) is 5.88 Å². The summed E-state index contributed by atoms with van der Waals surface area (Å²) in [5.41, 5.74) is 0.718. The van der Waals surface area contributed by atoms with E-state index in [1.807, 2.05) is 6.07 Å². The SMILES string of the molecule is N#Cc1ccc(Oc2ccc(CCl)cn2)c([N+](=O)[O-])c1. The topological polar surface area (TPSA) is 89.0 Å². The van der Waals surface area contributed by atoms with Crippen LogP contribution >= 0.6 is 11.6 Å². The Bertz CT molecular complexity index is 680. The molecule has 2 rings (SSSR count). The molecule has 0 aliphatic carbocycles. The third kappa shape index (κ3) is 3.02. The van der Waals surface area contributed by atoms with E-state index < -0.39 is 4.92 Å². The standard InChI is InChI=1S/C13H8ClN3O3/c14-6-10-2-4-13(16-8-10)20-12-3-1-9(7-15)5-11(12)17(18)19/h1-5,8H,6H2. The number of rotatable bonds is 4. The summed E-state index contributed by atoms with van der Waals surface area (Å²) in [6.45, 7) is 0. The van der Waals surface area contributed by atoms with Crippen molar-refractivity contribution in [3.63, 3.8) is 0 Å². The molecule has 20 heavy (non-hydrogen) atoms. The molecule has 1 aromatic carbocycles. The van der Waals surface area contributed by atoms with Gasteiger partial charge in [-0.15, -0.1) is 11.6 Å². The second-order valence-corrected chi connectivity index (χ2v) is 4.06. The maximum Gasteiger partial charge on any atom is 0.312 e. The number of nitrogens with zero attached hydrogens (tertiary/aromatic N) is 3. The van der Waals surface area contributed by atoms with Gasteiger partial charge in [0.25, 0.3) is 0 Å². The average Bonchev–Trinajstić information content (AvgIpc) is 2.48. The van der Waals surface area contributed by atoms with E-state index in [0.29, 0.717) is 5.88 Å². The monoisotopic (exact) mass is 289 g/mol. The Kier molecular flexibility index (Phi) is 4.13. The van der Waals surface area contributed by atoms with Crippen molar-refractivity contribution in [2.24, 2.45) is 0 Å². The maximum atomic E-state index is 11.0. The lowest BCUT2D eigenvalue weighted by Gasteiger charge is -2.05. The minimum atomic E-state index is -0.608. The highest BCUT2D eigenvalue weighted by molar-refractivity contribution is 6.17. The first kappa shape index (κ1) is 13.8. The van der Waals surface area contributed by atoms with Crippen LogP contribution in [0.15, 0.2) is 36.5 Å². The fourth-order valence-corrected chi connectivity index (χ4v) is 1.64. The van der Waals surface area contributed by atoms with Gasteiger partial charge in [-0.05, 0) is 17.7 Å². The van der Waals surface area contributed by atoms with Gasteiger partial charge in [-0.1, -0.05) is 6.07 Å². The van der Waals surface area contributed by atoms with Gasteiger partial charge in [0.15, 0.2) is 0 Å². The van der Waals surface area contributed by atoms with Crippen molar-refractivity contribution in [1.82, 2.24) is 4.98 Å². The summed E-state index contributed by atoms with van der Waals surface area (Å²) in [6.07, 6.45) is 1.53. The van der Waals surface area contributed by atoms with Gasteiger partial charge in [0.05, 0.1) is 16.6 Å². The zero-order valence-electron chi connectivity index (χ0n) is 10.1. The molecule has 0 N–H and O–H groups in total. The highest BCUT2D eigenvalue weighted by Crippen LogP contribution is 2.31. The van der Waals surface area contributed by atoms with E-state index in [1.54, 1.807) is 12.1 Å². The number of hydrogen-bond donors (Lipinski definition) is 0. The van der Waals surface area contributed by atoms with Crippen LogP contribution in [0.1, 0.15) is 11.1 Å². The lowest BCUT2D eigenvalue weighted by molar-refractivity contribution is -0.385. The lowest BCUT2D eigenvalue weighted by Crippen LogP contribution is -1.95. The molecule has 0 amide bonds. The van der Waals surface area contributed by atoms with Crippen LogP contribution in [0, 0.1) is 21.4 Å². The van der Waals surface area contributed by atoms with E-state index in [2.05, 4.69) is 4.98 Å². The van der Waals surface area contributed by atoms with Crippen LogP contribution in [0.3, 0.4) is 0 Å².